The molecule has 10 N–H and O–H groups in total. The average molecular weight is 2090 g/mol. The summed E-state index contributed by atoms with van der Waals surface area (Å²) in [5, 5.41) is 42.0. The smallest absolute Gasteiger partial charge is 0.416 e. The van der Waals surface area contributed by atoms with E-state index in [1.165, 1.54) is 140 Å². The van der Waals surface area contributed by atoms with E-state index >= 15 is 0 Å². The Morgan fingerprint density at radius 3 is 1.11 bits per heavy atom. The van der Waals surface area contributed by atoms with Crippen molar-refractivity contribution in [3.8, 4) is 28.5 Å². The van der Waals surface area contributed by atoms with E-state index in [2.05, 4.69) is 35.2 Å². The molecule has 0 aliphatic rings. The van der Waals surface area contributed by atoms with Crippen LogP contribution < -0.4 is 65.4 Å². The number of carbonyl (C=O) groups is 4. The summed E-state index contributed by atoms with van der Waals surface area (Å²) in [5.41, 5.74) is 9.48. The van der Waals surface area contributed by atoms with Crippen LogP contribution in [0.1, 0.15) is 133 Å². The Balaban J connectivity index is 0.000000183. The zero-order valence-corrected chi connectivity index (χ0v) is 83.2. The number of nitrogens with two attached hydrogens (primary N) is 1. The van der Waals surface area contributed by atoms with Crippen LogP contribution >= 0.6 is 11.8 Å². The Labute approximate surface area is 865 Å². The summed E-state index contributed by atoms with van der Waals surface area (Å²) in [7, 11) is -1.53. The Hall–Kier alpha value is -16.4. The number of rotatable bonds is 27. The molecule has 0 saturated heterocycles. The summed E-state index contributed by atoms with van der Waals surface area (Å²) in [6.45, 7) is 14.3. The first-order chi connectivity index (χ1) is 71.1. The second kappa shape index (κ2) is 52.3. The highest BCUT2D eigenvalue weighted by Crippen LogP contribution is 2.35. The third-order valence-corrected chi connectivity index (χ3v) is 23.5. The number of carboxylic acid groups (broad SMARTS) is 2. The predicted octanol–water partition coefficient (Wildman–Crippen LogP) is 15.0. The van der Waals surface area contributed by atoms with Gasteiger partial charge in [-0.1, -0.05) is 91.0 Å². The highest BCUT2D eigenvalue weighted by atomic mass is 35.5. The van der Waals surface area contributed by atoms with Crippen LogP contribution in [-0.2, 0) is 52.7 Å². The molecule has 0 aliphatic carbocycles. The summed E-state index contributed by atoms with van der Waals surface area (Å²) in [4.78, 5) is 133. The largest absolute Gasteiger partial charge is 1.00 e. The highest BCUT2D eigenvalue weighted by Gasteiger charge is 2.35. The number of para-hydroxylation sites is 5. The normalized spacial score (nSPS) is 12.1. The number of aromatic nitrogens is 10. The maximum Gasteiger partial charge on any atom is 0.416 e. The summed E-state index contributed by atoms with van der Waals surface area (Å²) in [6, 6.07) is 71.4. The minimum atomic E-state index is -4.49. The highest BCUT2D eigenvalue weighted by molar-refractivity contribution is 6.46. The number of nitrogens with zero attached hydrogens (tertiary/aromatic N) is 11. The number of hydrogen-bond acceptors (Lipinski definition) is 20. The van der Waals surface area contributed by atoms with E-state index < -0.39 is 79.4 Å². The summed E-state index contributed by atoms with van der Waals surface area (Å²) in [6.07, 6.45) is -2.58. The third-order valence-electron chi connectivity index (χ3n) is 23.1. The fraction of sp³-hybridized carbons (Fsp3) is 0.185. The fourth-order valence-corrected chi connectivity index (χ4v) is 15.8. The van der Waals surface area contributed by atoms with Crippen LogP contribution in [0, 0.1) is 17.5 Å². The molecule has 0 aliphatic heterocycles. The first kappa shape index (κ1) is 114. The van der Waals surface area contributed by atoms with Gasteiger partial charge in [0.1, 0.15) is 46.5 Å². The predicted molar refractivity (Wildman–Crippen MR) is 551 cm³/mol. The number of aromatic amines is 1. The molecule has 150 heavy (non-hydrogen) atoms. The molecule has 5 atom stereocenters. The molecule has 0 fully saturated rings. The topological polar surface area (TPSA) is 394 Å². The van der Waals surface area contributed by atoms with Gasteiger partial charge in [0.25, 0.3) is 22.2 Å². The zero-order valence-electron chi connectivity index (χ0n) is 81.7. The molecule has 17 rings (SSSR count). The lowest BCUT2D eigenvalue weighted by Crippen LogP contribution is -3.00. The number of pyridine rings is 2. The minimum absolute atomic E-state index is 0. The molecular weight excluding hydrogens is 1990 g/mol. The number of hydrogen-bond donors (Lipinski definition) is 8. The molecule has 2 amide bonds. The van der Waals surface area contributed by atoms with Gasteiger partial charge >= 0.3 is 38.4 Å². The Kier molecular flexibility index (Phi) is 39.7. The Bertz CT molecular complexity index is 7780. The maximum atomic E-state index is 13.9. The number of benzene rings is 11. The van der Waals surface area contributed by atoms with Gasteiger partial charge in [0.05, 0.1) is 139 Å². The molecule has 6 aromatic heterocycles. The van der Waals surface area contributed by atoms with Gasteiger partial charge in [-0.05, 0) is 278 Å². The van der Waals surface area contributed by atoms with Crippen molar-refractivity contribution in [1.82, 2.24) is 68.3 Å². The SMILES string of the molecule is CB(O)N[C@H](C)C(=O)O.CB(O)N[C@H](C)c1nc2ccccc2c(=O)n1-c1ccc(F)cc1.CCOc1ccc(-n2c([C@@H](C)N(Cc3ccc[nH+]c3)C(=O)Cc3ccc(C(F)(F)F)cc3)nc3ccccc3c2=O)cc1.C[C@@H](NCl)c1nc2ccccc2c(=O)n1-c1ccc(F)cc1.C[C@H](c1nc2ccccc2c(=O)n1-c1ccc(F)cc1)N(Cc1cccnc1)C(=O)Cc1ccc(C(F)(F)F)cc1.Nc1ccccc1C(=O)O.[Cl-]. The fourth-order valence-electron chi connectivity index (χ4n) is 15.7. The van der Waals surface area contributed by atoms with E-state index in [0.717, 1.165) is 29.8 Å². The van der Waals surface area contributed by atoms with Crippen molar-refractivity contribution >= 4 is 98.9 Å². The van der Waals surface area contributed by atoms with E-state index in [-0.39, 0.29) is 102 Å². The van der Waals surface area contributed by atoms with Gasteiger partial charge in [-0.3, -0.25) is 56.8 Å². The van der Waals surface area contributed by atoms with Gasteiger partial charge < -0.3 is 63.4 Å². The molecule has 17 aromatic rings. The number of H-pyrrole nitrogens is 1. The van der Waals surface area contributed by atoms with Crippen molar-refractivity contribution in [2.45, 2.75) is 124 Å². The number of amides is 2. The first-order valence-electron chi connectivity index (χ1n) is 46.5. The molecule has 774 valence electrons. The van der Waals surface area contributed by atoms with Gasteiger partial charge in [-0.15, -0.1) is 0 Å². The quantitative estimate of drug-likeness (QED) is 0.0103. The number of alkyl halides is 6. The number of halogens is 11. The van der Waals surface area contributed by atoms with Gasteiger partial charge in [-0.25, -0.2) is 47.7 Å². The summed E-state index contributed by atoms with van der Waals surface area (Å²) >= 11 is 5.71. The molecule has 0 radical (unpaired) electrons. The average Bonchev–Trinajstić information content (AvgIpc) is 0.775. The number of carboxylic acids is 2. The Morgan fingerprint density at radius 1 is 0.447 bits per heavy atom. The number of aliphatic carboxylic acids is 1. The molecule has 0 spiro atoms. The van der Waals surface area contributed by atoms with Gasteiger partial charge in [0.2, 0.25) is 11.8 Å². The molecule has 11 aromatic carbocycles. The van der Waals surface area contributed by atoms with E-state index in [1.807, 2.05) is 38.1 Å². The van der Waals surface area contributed by atoms with Crippen LogP contribution in [0.15, 0.2) is 335 Å². The number of ether oxygens (including phenoxy) is 1. The lowest BCUT2D eigenvalue weighted by Gasteiger charge is -2.31. The zero-order chi connectivity index (χ0) is 108. The van der Waals surface area contributed by atoms with Crippen molar-refractivity contribution in [3.63, 3.8) is 0 Å². The van der Waals surface area contributed by atoms with Crippen LogP contribution in [0.3, 0.4) is 0 Å². The van der Waals surface area contributed by atoms with Gasteiger partial charge in [0, 0.05) is 36.3 Å². The number of fused-ring (bicyclic) bond motifs is 4. The lowest BCUT2D eigenvalue weighted by molar-refractivity contribution is -0.378. The molecule has 6 heterocycles. The van der Waals surface area contributed by atoms with E-state index in [4.69, 9.17) is 47.5 Å². The van der Waals surface area contributed by atoms with Crippen LogP contribution in [0.25, 0.3) is 66.4 Å². The van der Waals surface area contributed by atoms with Crippen LogP contribution in [0.4, 0.5) is 45.2 Å². The molecule has 0 bridgehead atoms. The van der Waals surface area contributed by atoms with E-state index in [9.17, 15) is 82.9 Å². The monoisotopic (exact) mass is 2090 g/mol. The minimum Gasteiger partial charge on any atom is -1.00 e. The van der Waals surface area contributed by atoms with Crippen molar-refractivity contribution in [1.29, 1.82) is 0 Å². The second-order valence-electron chi connectivity index (χ2n) is 34.0. The summed E-state index contributed by atoms with van der Waals surface area (Å²) < 4.78 is 130. The van der Waals surface area contributed by atoms with Crippen molar-refractivity contribution < 1.29 is 101 Å². The maximum absolute atomic E-state index is 13.9. The number of nitrogens with one attached hydrogen (secondary N) is 4. The molecule has 0 unspecified atom stereocenters. The van der Waals surface area contributed by atoms with Crippen molar-refractivity contribution in [3.05, 3.63) is 437 Å². The van der Waals surface area contributed by atoms with Gasteiger partial charge in [-0.2, -0.15) is 26.3 Å². The number of carbonyl (C=O) groups excluding carboxylic acids is 2. The van der Waals surface area contributed by atoms with Crippen molar-refractivity contribution in [2.75, 3.05) is 12.3 Å². The van der Waals surface area contributed by atoms with Crippen LogP contribution in [0.5, 0.6) is 5.75 Å². The second-order valence-corrected chi connectivity index (χ2v) is 34.2. The van der Waals surface area contributed by atoms with E-state index in [1.54, 1.807) is 197 Å². The lowest BCUT2D eigenvalue weighted by atomic mass is 9.87. The summed E-state index contributed by atoms with van der Waals surface area (Å²) in [5.74, 6) is -1.76. The van der Waals surface area contributed by atoms with Crippen LogP contribution in [0.2, 0.25) is 13.6 Å². The standard InChI is InChI=1S/C33H29F3N4O3.C31H24F4N4O2.C17H17BFN3O2.C16H13ClFN3O.C7H7NO2.C4H10BNO3.ClH/c1-3-43-27-16-14-26(15-17-27)40-31(38-29-9-5-4-8-28(29)32(40)42)22(2)39(21-24-7-6-18-37-20-24)30(41)19-23-10-12-25(13-11-23)33(34,35)36;1-20(29-37-27-7-3-2-6-26(27)30(41)39(29)25-14-12-24(32)13-15-25)38(19-22-5-4-16-36-18-22)28(40)17-21-8-10-23(11-9-21)31(33,34)35;1-11(21-18(2)24)16-20-15-6-4-3-5-14(15)17(23)22(16)13-9-7-12(19)8-10-13;1-10(20-17)15-19-14-5-3-2-4-13(14)16(22)21(15)12-8-6-11(18)7-9-12;8-6-4-2-1-3-5(6)7(9)10;1-3(4(7)8)6-5(2)9;/h4-18,20,22H,3,19,21H2,1-2H3;2-16,18,20H,17,19H2,1H3;3-11,21,24H,1-2H3;2-10,20H,1H3;1-4H,8H2,(H,9,10);3,6,9H,1-2H3,(H,7,8);1H/t22-;20-;11-;10-;;3-;/m1111.1./s1. The van der Waals surface area contributed by atoms with E-state index in [0.29, 0.717) is 119 Å². The van der Waals surface area contributed by atoms with Crippen LogP contribution in [-0.4, -0.2) is 124 Å². The molecular formula is C108H101B2Cl2F9N16O13. The number of aromatic carboxylic acids is 1. The molecule has 42 heteroatoms. The number of anilines is 1. The van der Waals surface area contributed by atoms with Crippen molar-refractivity contribution in [2.24, 2.45) is 0 Å². The first-order valence-corrected chi connectivity index (χ1v) is 46.9. The Morgan fingerprint density at radius 2 is 0.793 bits per heavy atom. The third kappa shape index (κ3) is 29.6. The molecule has 29 nitrogen and oxygen atoms in total. The number of nitrogen functional groups attached to an aromatic ring is 1. The molecule has 0 saturated carbocycles. The van der Waals surface area contributed by atoms with Gasteiger partial charge in [0.15, 0.2) is 12.4 Å².